The summed E-state index contributed by atoms with van der Waals surface area (Å²) in [5, 5.41) is 3.66. The van der Waals surface area contributed by atoms with Gasteiger partial charge in [-0.2, -0.15) is 0 Å². The number of hydrogen-bond acceptors (Lipinski definition) is 1. The van der Waals surface area contributed by atoms with Crippen LogP contribution in [0, 0.1) is 12.8 Å². The molecular formula is C15H24BrN. The lowest BCUT2D eigenvalue weighted by molar-refractivity contribution is 0.429. The van der Waals surface area contributed by atoms with Crippen molar-refractivity contribution >= 4 is 15.9 Å². The molecule has 0 saturated heterocycles. The predicted molar refractivity (Wildman–Crippen MR) is 79.4 cm³/mol. The molecule has 17 heavy (non-hydrogen) atoms. The fourth-order valence-electron chi connectivity index (χ4n) is 2.04. The first-order valence-electron chi connectivity index (χ1n) is 6.54. The fourth-order valence-corrected chi connectivity index (χ4v) is 2.56. The van der Waals surface area contributed by atoms with Gasteiger partial charge in [-0.25, -0.2) is 0 Å². The monoisotopic (exact) mass is 297 g/mol. The number of benzene rings is 1. The van der Waals surface area contributed by atoms with Crippen molar-refractivity contribution in [3.8, 4) is 0 Å². The first-order chi connectivity index (χ1) is 8.04. The van der Waals surface area contributed by atoms with Gasteiger partial charge in [-0.05, 0) is 43.9 Å². The molecule has 96 valence electrons. The second-order valence-corrected chi connectivity index (χ2v) is 6.02. The molecule has 0 radical (unpaired) electrons. The summed E-state index contributed by atoms with van der Waals surface area (Å²) in [6.45, 7) is 10.0. The Morgan fingerprint density at radius 3 is 2.59 bits per heavy atom. The molecule has 1 atom stereocenters. The molecule has 1 aromatic carbocycles. The maximum Gasteiger partial charge on any atom is 0.0333 e. The van der Waals surface area contributed by atoms with Crippen LogP contribution in [0.4, 0.5) is 0 Å². The first kappa shape index (κ1) is 14.7. The second kappa shape index (κ2) is 7.17. The van der Waals surface area contributed by atoms with Crippen molar-refractivity contribution in [1.82, 2.24) is 5.32 Å². The summed E-state index contributed by atoms with van der Waals surface area (Å²) < 4.78 is 1.22. The molecule has 0 heterocycles. The number of rotatable bonds is 6. The van der Waals surface area contributed by atoms with Gasteiger partial charge in [0.25, 0.3) is 0 Å². The highest BCUT2D eigenvalue weighted by atomic mass is 79.9. The van der Waals surface area contributed by atoms with E-state index in [0.717, 1.165) is 6.54 Å². The second-order valence-electron chi connectivity index (χ2n) is 5.16. The molecule has 0 bridgehead atoms. The minimum Gasteiger partial charge on any atom is -0.310 e. The van der Waals surface area contributed by atoms with Gasteiger partial charge in [-0.3, -0.25) is 0 Å². The van der Waals surface area contributed by atoms with Crippen LogP contribution in [0.5, 0.6) is 0 Å². The lowest BCUT2D eigenvalue weighted by Gasteiger charge is -2.22. The highest BCUT2D eigenvalue weighted by molar-refractivity contribution is 9.10. The number of aryl methyl sites for hydroxylation is 1. The van der Waals surface area contributed by atoms with E-state index in [-0.39, 0.29) is 0 Å². The minimum atomic E-state index is 0.462. The van der Waals surface area contributed by atoms with E-state index < -0.39 is 0 Å². The van der Waals surface area contributed by atoms with Crippen molar-refractivity contribution < 1.29 is 0 Å². The molecule has 2 heteroatoms. The first-order valence-corrected chi connectivity index (χ1v) is 7.33. The zero-order valence-electron chi connectivity index (χ0n) is 11.4. The van der Waals surface area contributed by atoms with Crippen LogP contribution in [0.2, 0.25) is 0 Å². The molecule has 1 aromatic rings. The van der Waals surface area contributed by atoms with Gasteiger partial charge in [0.1, 0.15) is 0 Å². The standard InChI is InChI=1S/C15H24BrN/c1-5-8-17-15(9-11(2)3)13-10-12(4)6-7-14(13)16/h6-7,10-11,15,17H,5,8-9H2,1-4H3. The third-order valence-corrected chi connectivity index (χ3v) is 3.60. The van der Waals surface area contributed by atoms with Crippen LogP contribution in [0.15, 0.2) is 22.7 Å². The van der Waals surface area contributed by atoms with Crippen molar-refractivity contribution in [2.75, 3.05) is 6.54 Å². The molecule has 1 rings (SSSR count). The summed E-state index contributed by atoms with van der Waals surface area (Å²) in [5.74, 6) is 0.705. The summed E-state index contributed by atoms with van der Waals surface area (Å²) in [5.41, 5.74) is 2.72. The third kappa shape index (κ3) is 4.81. The van der Waals surface area contributed by atoms with Gasteiger partial charge in [-0.15, -0.1) is 0 Å². The SMILES string of the molecule is CCCNC(CC(C)C)c1cc(C)ccc1Br. The van der Waals surface area contributed by atoms with Gasteiger partial charge in [-0.1, -0.05) is 54.4 Å². The van der Waals surface area contributed by atoms with Gasteiger partial charge in [0, 0.05) is 10.5 Å². The van der Waals surface area contributed by atoms with Crippen molar-refractivity contribution in [3.05, 3.63) is 33.8 Å². The Bertz CT molecular complexity index is 347. The van der Waals surface area contributed by atoms with Crippen LogP contribution in [-0.2, 0) is 0 Å². The van der Waals surface area contributed by atoms with E-state index in [1.807, 2.05) is 0 Å². The molecule has 0 amide bonds. The summed E-state index contributed by atoms with van der Waals surface area (Å²) in [7, 11) is 0. The molecule has 1 nitrogen and oxygen atoms in total. The average Bonchev–Trinajstić information content (AvgIpc) is 2.27. The Morgan fingerprint density at radius 2 is 2.00 bits per heavy atom. The van der Waals surface area contributed by atoms with Crippen molar-refractivity contribution in [2.45, 2.75) is 46.6 Å². The highest BCUT2D eigenvalue weighted by Gasteiger charge is 2.15. The van der Waals surface area contributed by atoms with Crippen LogP contribution in [0.25, 0.3) is 0 Å². The molecule has 0 aliphatic carbocycles. The summed E-state index contributed by atoms with van der Waals surface area (Å²) >= 11 is 3.67. The molecule has 1 N–H and O–H groups in total. The maximum atomic E-state index is 3.67. The van der Waals surface area contributed by atoms with Gasteiger partial charge in [0.15, 0.2) is 0 Å². The molecule has 0 aliphatic rings. The highest BCUT2D eigenvalue weighted by Crippen LogP contribution is 2.29. The Hall–Kier alpha value is -0.340. The predicted octanol–water partition coefficient (Wildman–Crippen LogP) is 4.84. The van der Waals surface area contributed by atoms with E-state index in [9.17, 15) is 0 Å². The Balaban J connectivity index is 2.90. The van der Waals surface area contributed by atoms with E-state index in [2.05, 4.69) is 67.1 Å². The molecule has 0 aliphatic heterocycles. The topological polar surface area (TPSA) is 12.0 Å². The van der Waals surface area contributed by atoms with Crippen LogP contribution >= 0.6 is 15.9 Å². The average molecular weight is 298 g/mol. The van der Waals surface area contributed by atoms with Gasteiger partial charge in [0.2, 0.25) is 0 Å². The van der Waals surface area contributed by atoms with Crippen LogP contribution in [-0.4, -0.2) is 6.54 Å². The van der Waals surface area contributed by atoms with Gasteiger partial charge < -0.3 is 5.32 Å². The Kier molecular flexibility index (Phi) is 6.21. The molecule has 0 fully saturated rings. The van der Waals surface area contributed by atoms with Crippen molar-refractivity contribution in [1.29, 1.82) is 0 Å². The van der Waals surface area contributed by atoms with E-state index >= 15 is 0 Å². The Labute approximate surface area is 114 Å². The summed E-state index contributed by atoms with van der Waals surface area (Å²) in [4.78, 5) is 0. The smallest absolute Gasteiger partial charge is 0.0333 e. The Morgan fingerprint density at radius 1 is 1.29 bits per heavy atom. The van der Waals surface area contributed by atoms with Crippen LogP contribution in [0.3, 0.4) is 0 Å². The zero-order chi connectivity index (χ0) is 12.8. The summed E-state index contributed by atoms with van der Waals surface area (Å²) in [6, 6.07) is 7.06. The molecule has 0 aromatic heterocycles. The van der Waals surface area contributed by atoms with E-state index in [1.54, 1.807) is 0 Å². The minimum absolute atomic E-state index is 0.462. The van der Waals surface area contributed by atoms with E-state index in [0.29, 0.717) is 12.0 Å². The zero-order valence-corrected chi connectivity index (χ0v) is 13.0. The quantitative estimate of drug-likeness (QED) is 0.792. The normalized spacial score (nSPS) is 13.1. The van der Waals surface area contributed by atoms with E-state index in [4.69, 9.17) is 0 Å². The third-order valence-electron chi connectivity index (χ3n) is 2.87. The van der Waals surface area contributed by atoms with Gasteiger partial charge in [0.05, 0.1) is 0 Å². The van der Waals surface area contributed by atoms with E-state index in [1.165, 1.54) is 28.4 Å². The summed E-state index contributed by atoms with van der Waals surface area (Å²) in [6.07, 6.45) is 2.36. The van der Waals surface area contributed by atoms with Crippen molar-refractivity contribution in [3.63, 3.8) is 0 Å². The number of hydrogen-bond donors (Lipinski definition) is 1. The van der Waals surface area contributed by atoms with Crippen molar-refractivity contribution in [2.24, 2.45) is 5.92 Å². The molecule has 0 spiro atoms. The lowest BCUT2D eigenvalue weighted by Crippen LogP contribution is -2.24. The number of nitrogens with one attached hydrogen (secondary N) is 1. The molecular weight excluding hydrogens is 274 g/mol. The molecule has 0 saturated carbocycles. The van der Waals surface area contributed by atoms with Crippen LogP contribution < -0.4 is 5.32 Å². The maximum absolute atomic E-state index is 3.67. The van der Waals surface area contributed by atoms with Crippen LogP contribution in [0.1, 0.15) is 50.8 Å². The largest absolute Gasteiger partial charge is 0.310 e. The number of halogens is 1. The fraction of sp³-hybridized carbons (Fsp3) is 0.600. The van der Waals surface area contributed by atoms with Gasteiger partial charge >= 0.3 is 0 Å². The lowest BCUT2D eigenvalue weighted by atomic mass is 9.96. The molecule has 1 unspecified atom stereocenters.